The molecule has 5 rings (SSSR count). The predicted octanol–water partition coefficient (Wildman–Crippen LogP) is 6.43. The Balaban J connectivity index is 1.19. The maximum atomic E-state index is 6.37. The van der Waals surface area contributed by atoms with Crippen molar-refractivity contribution in [2.45, 2.75) is 31.3 Å². The molecule has 0 bridgehead atoms. The largest absolute Gasteiger partial charge is 0.369 e. The van der Waals surface area contributed by atoms with Crippen LogP contribution in [-0.4, -0.2) is 46.9 Å². The molecular formula is C24H25Cl3N4. The fraction of sp³-hybridized carbons (Fsp3) is 0.375. The molecule has 4 nitrogen and oxygen atoms in total. The molecule has 7 heteroatoms. The van der Waals surface area contributed by atoms with E-state index in [2.05, 4.69) is 32.8 Å². The standard InChI is InChI=1S/C24H25Cl3N4/c25-17-1-4-19(5-2-17)29-11-13-30(14-12-29)20-6-7-21(16-20)31-10-9-24(28-31)22-8-3-18(26)15-23(22)27/h1-5,8-10,15,20-21H,6-7,11-14,16H2/t20-,21+/m0/s1. The van der Waals surface area contributed by atoms with Gasteiger partial charge in [-0.05, 0) is 67.8 Å². The number of halogens is 3. The second-order valence-corrected chi connectivity index (χ2v) is 9.71. The predicted molar refractivity (Wildman–Crippen MR) is 130 cm³/mol. The Morgan fingerprint density at radius 1 is 0.774 bits per heavy atom. The lowest BCUT2D eigenvalue weighted by Crippen LogP contribution is -2.49. The van der Waals surface area contributed by atoms with Crippen molar-refractivity contribution in [3.05, 3.63) is 69.8 Å². The van der Waals surface area contributed by atoms with Gasteiger partial charge in [0.2, 0.25) is 0 Å². The van der Waals surface area contributed by atoms with Crippen LogP contribution in [0.4, 0.5) is 5.69 Å². The van der Waals surface area contributed by atoms with E-state index in [1.165, 1.54) is 12.1 Å². The third kappa shape index (κ3) is 4.58. The van der Waals surface area contributed by atoms with Gasteiger partial charge in [0.1, 0.15) is 0 Å². The first-order chi connectivity index (χ1) is 15.1. The second kappa shape index (κ2) is 9.03. The average Bonchev–Trinajstić information content (AvgIpc) is 3.44. The van der Waals surface area contributed by atoms with Crippen LogP contribution < -0.4 is 4.90 Å². The highest BCUT2D eigenvalue weighted by Crippen LogP contribution is 2.35. The van der Waals surface area contributed by atoms with E-state index in [-0.39, 0.29) is 0 Å². The molecule has 31 heavy (non-hydrogen) atoms. The minimum atomic E-state index is 0.444. The van der Waals surface area contributed by atoms with E-state index < -0.39 is 0 Å². The van der Waals surface area contributed by atoms with Gasteiger partial charge in [0, 0.05) is 59.7 Å². The number of hydrogen-bond donors (Lipinski definition) is 0. The number of hydrogen-bond acceptors (Lipinski definition) is 3. The SMILES string of the molecule is Clc1ccc(N2CCN([C@H]3CC[C@@H](n4ccc(-c5ccc(Cl)cc5Cl)n4)C3)CC2)cc1. The Hall–Kier alpha value is -1.72. The van der Waals surface area contributed by atoms with Crippen LogP contribution in [0.5, 0.6) is 0 Å². The molecule has 0 unspecified atom stereocenters. The van der Waals surface area contributed by atoms with Crippen molar-refractivity contribution >= 4 is 40.5 Å². The number of piperazine rings is 1. The van der Waals surface area contributed by atoms with Gasteiger partial charge in [-0.2, -0.15) is 5.10 Å². The molecule has 2 atom stereocenters. The summed E-state index contributed by atoms with van der Waals surface area (Å²) in [6.45, 7) is 4.32. The van der Waals surface area contributed by atoms with Crippen molar-refractivity contribution in [1.29, 1.82) is 0 Å². The zero-order chi connectivity index (χ0) is 21.4. The molecule has 2 heterocycles. The van der Waals surface area contributed by atoms with Gasteiger partial charge in [-0.3, -0.25) is 9.58 Å². The summed E-state index contributed by atoms with van der Waals surface area (Å²) >= 11 is 18.4. The van der Waals surface area contributed by atoms with Gasteiger partial charge in [-0.1, -0.05) is 34.8 Å². The van der Waals surface area contributed by atoms with Gasteiger partial charge in [0.05, 0.1) is 16.8 Å². The van der Waals surface area contributed by atoms with Crippen LogP contribution in [0.1, 0.15) is 25.3 Å². The van der Waals surface area contributed by atoms with Gasteiger partial charge < -0.3 is 4.90 Å². The van der Waals surface area contributed by atoms with E-state index in [4.69, 9.17) is 39.9 Å². The molecule has 3 aromatic rings. The summed E-state index contributed by atoms with van der Waals surface area (Å²) in [7, 11) is 0. The Morgan fingerprint density at radius 3 is 2.23 bits per heavy atom. The van der Waals surface area contributed by atoms with Crippen LogP contribution in [-0.2, 0) is 0 Å². The molecule has 2 aromatic carbocycles. The highest BCUT2D eigenvalue weighted by molar-refractivity contribution is 6.36. The van der Waals surface area contributed by atoms with E-state index in [1.54, 1.807) is 6.07 Å². The average molecular weight is 476 g/mol. The van der Waals surface area contributed by atoms with Crippen molar-refractivity contribution < 1.29 is 0 Å². The van der Waals surface area contributed by atoms with Crippen molar-refractivity contribution in [1.82, 2.24) is 14.7 Å². The normalized spacial score (nSPS) is 22.2. The number of aromatic nitrogens is 2. The molecule has 1 aliphatic carbocycles. The lowest BCUT2D eigenvalue weighted by Gasteiger charge is -2.39. The van der Waals surface area contributed by atoms with Gasteiger partial charge in [0.15, 0.2) is 0 Å². The molecule has 1 aliphatic heterocycles. The second-order valence-electron chi connectivity index (χ2n) is 8.43. The van der Waals surface area contributed by atoms with E-state index >= 15 is 0 Å². The zero-order valence-electron chi connectivity index (χ0n) is 17.2. The first-order valence-electron chi connectivity index (χ1n) is 10.8. The van der Waals surface area contributed by atoms with Crippen LogP contribution in [0.3, 0.4) is 0 Å². The van der Waals surface area contributed by atoms with Crippen molar-refractivity contribution in [3.63, 3.8) is 0 Å². The smallest absolute Gasteiger partial charge is 0.0938 e. The van der Waals surface area contributed by atoms with E-state index in [0.29, 0.717) is 22.1 Å². The first kappa shape index (κ1) is 21.1. The van der Waals surface area contributed by atoms with Crippen molar-refractivity contribution in [3.8, 4) is 11.3 Å². The molecule has 1 aromatic heterocycles. The molecule has 162 valence electrons. The number of anilines is 1. The maximum absolute atomic E-state index is 6.37. The highest BCUT2D eigenvalue weighted by atomic mass is 35.5. The third-order valence-corrected chi connectivity index (χ3v) is 7.39. The number of benzene rings is 2. The zero-order valence-corrected chi connectivity index (χ0v) is 19.5. The van der Waals surface area contributed by atoms with Gasteiger partial charge in [-0.25, -0.2) is 0 Å². The maximum Gasteiger partial charge on any atom is 0.0938 e. The number of rotatable bonds is 4. The summed E-state index contributed by atoms with van der Waals surface area (Å²) in [5.74, 6) is 0. The number of nitrogens with zero attached hydrogens (tertiary/aromatic N) is 4. The Morgan fingerprint density at radius 2 is 1.48 bits per heavy atom. The van der Waals surface area contributed by atoms with Crippen molar-refractivity contribution in [2.24, 2.45) is 0 Å². The van der Waals surface area contributed by atoms with E-state index in [9.17, 15) is 0 Å². The fourth-order valence-electron chi connectivity index (χ4n) is 4.89. The van der Waals surface area contributed by atoms with E-state index in [0.717, 1.165) is 55.3 Å². The molecule has 0 amide bonds. The summed E-state index contributed by atoms with van der Waals surface area (Å²) in [6.07, 6.45) is 5.63. The highest BCUT2D eigenvalue weighted by Gasteiger charge is 2.32. The van der Waals surface area contributed by atoms with Crippen molar-refractivity contribution in [2.75, 3.05) is 31.1 Å². The molecule has 1 saturated carbocycles. The molecule has 0 spiro atoms. The molecule has 2 aliphatic rings. The summed E-state index contributed by atoms with van der Waals surface area (Å²) < 4.78 is 2.13. The van der Waals surface area contributed by atoms with Crippen LogP contribution in [0, 0.1) is 0 Å². The van der Waals surface area contributed by atoms with Crippen LogP contribution in [0.2, 0.25) is 15.1 Å². The third-order valence-electron chi connectivity index (χ3n) is 6.59. The Kier molecular flexibility index (Phi) is 6.16. The first-order valence-corrected chi connectivity index (χ1v) is 12.0. The quantitative estimate of drug-likeness (QED) is 0.435. The lowest BCUT2D eigenvalue weighted by molar-refractivity contribution is 0.183. The minimum Gasteiger partial charge on any atom is -0.369 e. The van der Waals surface area contributed by atoms with Crippen LogP contribution >= 0.6 is 34.8 Å². The van der Waals surface area contributed by atoms with Crippen LogP contribution in [0.25, 0.3) is 11.3 Å². The summed E-state index contributed by atoms with van der Waals surface area (Å²) in [5, 5.41) is 6.92. The molecular weight excluding hydrogens is 451 g/mol. The Bertz CT molecular complexity index is 1040. The van der Waals surface area contributed by atoms with Gasteiger partial charge in [0.25, 0.3) is 0 Å². The monoisotopic (exact) mass is 474 g/mol. The summed E-state index contributed by atoms with van der Waals surface area (Å²) in [4.78, 5) is 5.11. The fourth-order valence-corrected chi connectivity index (χ4v) is 5.52. The summed E-state index contributed by atoms with van der Waals surface area (Å²) in [5.41, 5.74) is 3.10. The molecule has 0 radical (unpaired) electrons. The minimum absolute atomic E-state index is 0.444. The topological polar surface area (TPSA) is 24.3 Å². The molecule has 2 fully saturated rings. The van der Waals surface area contributed by atoms with E-state index in [1.807, 2.05) is 30.3 Å². The van der Waals surface area contributed by atoms with Gasteiger partial charge >= 0.3 is 0 Å². The molecule has 0 N–H and O–H groups in total. The lowest BCUT2D eigenvalue weighted by atomic mass is 10.1. The van der Waals surface area contributed by atoms with Crippen LogP contribution in [0.15, 0.2) is 54.7 Å². The van der Waals surface area contributed by atoms with Gasteiger partial charge in [-0.15, -0.1) is 0 Å². The molecule has 1 saturated heterocycles. The summed E-state index contributed by atoms with van der Waals surface area (Å²) in [6, 6.07) is 16.9. The Labute approximate surface area is 198 Å².